The molecule has 162 valence electrons. The Morgan fingerprint density at radius 2 is 1.56 bits per heavy atom. The molecule has 0 fully saturated rings. The van der Waals surface area contributed by atoms with Gasteiger partial charge in [0.25, 0.3) is 0 Å². The number of fused-ring (bicyclic) bond motifs is 2. The number of nitrogens with one attached hydrogen (secondary N) is 2. The molecule has 0 bridgehead atoms. The van der Waals surface area contributed by atoms with Gasteiger partial charge in [-0.25, -0.2) is 0 Å². The van der Waals surface area contributed by atoms with Gasteiger partial charge in [-0.1, -0.05) is 48.5 Å². The van der Waals surface area contributed by atoms with Crippen LogP contribution in [-0.4, -0.2) is 20.0 Å². The largest absolute Gasteiger partial charge is 0.497 e. The fourth-order valence-corrected chi connectivity index (χ4v) is 4.75. The minimum absolute atomic E-state index is 0.00994. The van der Waals surface area contributed by atoms with Crippen LogP contribution in [0.5, 0.6) is 11.5 Å². The first-order chi connectivity index (χ1) is 15.7. The second kappa shape index (κ2) is 8.42. The Morgan fingerprint density at radius 3 is 2.31 bits per heavy atom. The lowest BCUT2D eigenvalue weighted by Gasteiger charge is -2.33. The number of hydrogen-bond donors (Lipinski definition) is 2. The van der Waals surface area contributed by atoms with Crippen molar-refractivity contribution in [3.05, 3.63) is 95.7 Å². The first-order valence-electron chi connectivity index (χ1n) is 10.8. The van der Waals surface area contributed by atoms with Crippen LogP contribution in [0, 0.1) is 5.92 Å². The summed E-state index contributed by atoms with van der Waals surface area (Å²) in [5, 5.41) is 7.19. The Balaban J connectivity index is 1.61. The monoisotopic (exact) mass is 426 g/mol. The molecule has 1 aliphatic carbocycles. The van der Waals surface area contributed by atoms with E-state index in [0.717, 1.165) is 39.7 Å². The van der Waals surface area contributed by atoms with Gasteiger partial charge in [0.2, 0.25) is 0 Å². The number of allylic oxidation sites excluding steroid dienone is 1. The summed E-state index contributed by atoms with van der Waals surface area (Å²) >= 11 is 0. The number of benzene rings is 3. The summed E-state index contributed by atoms with van der Waals surface area (Å²) in [5.41, 5.74) is 4.93. The van der Waals surface area contributed by atoms with Crippen molar-refractivity contribution in [2.45, 2.75) is 18.4 Å². The van der Waals surface area contributed by atoms with Crippen LogP contribution in [0.1, 0.15) is 29.5 Å². The van der Waals surface area contributed by atoms with E-state index in [4.69, 9.17) is 9.47 Å². The predicted octanol–water partition coefficient (Wildman–Crippen LogP) is 5.54. The summed E-state index contributed by atoms with van der Waals surface area (Å²) in [7, 11) is 3.32. The van der Waals surface area contributed by atoms with Gasteiger partial charge < -0.3 is 20.1 Å². The third kappa shape index (κ3) is 3.60. The van der Waals surface area contributed by atoms with Gasteiger partial charge in [0.15, 0.2) is 0 Å². The standard InChI is InChI=1S/C27H26N2O3/c1-31-19-13-11-17(12-14-19)18-15-23-26(24(30)16-18)27(20-7-3-6-10-25(20)32-2)29-22-9-5-4-8-21(22)28-23/h3-15,18,26-29H,16H2,1-2H3/t18-,26-,27-/m0/s1. The van der Waals surface area contributed by atoms with E-state index in [1.807, 2.05) is 72.8 Å². The molecule has 0 aromatic heterocycles. The summed E-state index contributed by atoms with van der Waals surface area (Å²) in [6.45, 7) is 0. The number of Topliss-reactive ketones (excluding diaryl/α,β-unsaturated/α-hetero) is 1. The van der Waals surface area contributed by atoms with E-state index in [1.165, 1.54) is 0 Å². The number of carbonyl (C=O) groups is 1. The predicted molar refractivity (Wildman–Crippen MR) is 126 cm³/mol. The van der Waals surface area contributed by atoms with E-state index < -0.39 is 0 Å². The number of rotatable bonds is 4. The molecule has 1 heterocycles. The van der Waals surface area contributed by atoms with Crippen molar-refractivity contribution >= 4 is 17.2 Å². The number of anilines is 2. The van der Waals surface area contributed by atoms with Crippen molar-refractivity contribution in [1.82, 2.24) is 0 Å². The van der Waals surface area contributed by atoms with Crippen LogP contribution < -0.4 is 20.1 Å². The Morgan fingerprint density at radius 1 is 0.844 bits per heavy atom. The van der Waals surface area contributed by atoms with Gasteiger partial charge in [0, 0.05) is 23.6 Å². The molecule has 0 saturated carbocycles. The molecule has 1 aliphatic heterocycles. The summed E-state index contributed by atoms with van der Waals surface area (Å²) in [5.74, 6) is 1.45. The summed E-state index contributed by atoms with van der Waals surface area (Å²) in [4.78, 5) is 13.6. The number of hydrogen-bond acceptors (Lipinski definition) is 5. The lowest BCUT2D eigenvalue weighted by atomic mass is 9.76. The van der Waals surface area contributed by atoms with Crippen molar-refractivity contribution in [2.75, 3.05) is 24.9 Å². The average molecular weight is 427 g/mol. The molecule has 0 unspecified atom stereocenters. The molecular formula is C27H26N2O3. The van der Waals surface area contributed by atoms with Crippen LogP contribution in [-0.2, 0) is 4.79 Å². The van der Waals surface area contributed by atoms with Gasteiger partial charge in [0.05, 0.1) is 37.6 Å². The maximum Gasteiger partial charge on any atom is 0.145 e. The number of carbonyl (C=O) groups excluding carboxylic acids is 1. The Hall–Kier alpha value is -3.73. The van der Waals surface area contributed by atoms with Crippen LogP contribution >= 0.6 is 0 Å². The summed E-state index contributed by atoms with van der Waals surface area (Å²) in [6, 6.07) is 23.7. The lowest BCUT2D eigenvalue weighted by molar-refractivity contribution is -0.122. The topological polar surface area (TPSA) is 59.6 Å². The van der Waals surface area contributed by atoms with Crippen molar-refractivity contribution in [2.24, 2.45) is 5.92 Å². The molecule has 2 N–H and O–H groups in total. The maximum absolute atomic E-state index is 13.6. The van der Waals surface area contributed by atoms with Crippen LogP contribution in [0.3, 0.4) is 0 Å². The molecule has 5 heteroatoms. The fourth-order valence-electron chi connectivity index (χ4n) is 4.75. The molecular weight excluding hydrogens is 400 g/mol. The van der Waals surface area contributed by atoms with E-state index in [2.05, 4.69) is 16.7 Å². The van der Waals surface area contributed by atoms with Crippen LogP contribution in [0.4, 0.5) is 11.4 Å². The molecule has 3 aromatic rings. The van der Waals surface area contributed by atoms with E-state index in [1.54, 1.807) is 14.2 Å². The molecule has 0 saturated heterocycles. The lowest BCUT2D eigenvalue weighted by Crippen LogP contribution is -2.34. The highest BCUT2D eigenvalue weighted by atomic mass is 16.5. The Kier molecular flexibility index (Phi) is 5.31. The van der Waals surface area contributed by atoms with Crippen molar-refractivity contribution in [3.8, 4) is 11.5 Å². The van der Waals surface area contributed by atoms with Crippen LogP contribution in [0.25, 0.3) is 0 Å². The van der Waals surface area contributed by atoms with E-state index in [9.17, 15) is 4.79 Å². The Bertz CT molecular complexity index is 1170. The summed E-state index contributed by atoms with van der Waals surface area (Å²) < 4.78 is 10.9. The zero-order valence-electron chi connectivity index (χ0n) is 18.2. The summed E-state index contributed by atoms with van der Waals surface area (Å²) in [6.07, 6.45) is 2.66. The normalized spacial score (nSPS) is 21.8. The number of para-hydroxylation sites is 3. The highest BCUT2D eigenvalue weighted by molar-refractivity contribution is 5.90. The van der Waals surface area contributed by atoms with Crippen LogP contribution in [0.15, 0.2) is 84.6 Å². The Labute approximate surface area is 188 Å². The molecule has 5 nitrogen and oxygen atoms in total. The van der Waals surface area contributed by atoms with E-state index in [-0.39, 0.29) is 23.7 Å². The van der Waals surface area contributed by atoms with Gasteiger partial charge in [-0.05, 0) is 35.9 Å². The molecule has 3 atom stereocenters. The van der Waals surface area contributed by atoms with Gasteiger partial charge in [-0.3, -0.25) is 4.79 Å². The molecule has 0 spiro atoms. The maximum atomic E-state index is 13.6. The molecule has 0 amide bonds. The van der Waals surface area contributed by atoms with Crippen LogP contribution in [0.2, 0.25) is 0 Å². The number of ketones is 1. The minimum Gasteiger partial charge on any atom is -0.497 e. The molecule has 0 radical (unpaired) electrons. The van der Waals surface area contributed by atoms with E-state index in [0.29, 0.717) is 6.42 Å². The SMILES string of the molecule is COc1ccc([C@H]2C=C3Nc4ccccc4N[C@@H](c4ccccc4OC)[C@@H]3C(=O)C2)cc1. The van der Waals surface area contributed by atoms with Gasteiger partial charge >= 0.3 is 0 Å². The first-order valence-corrected chi connectivity index (χ1v) is 10.8. The molecule has 2 aliphatic rings. The number of ether oxygens (including phenoxy) is 2. The minimum atomic E-state index is -0.340. The van der Waals surface area contributed by atoms with Gasteiger partial charge in [-0.15, -0.1) is 0 Å². The quantitative estimate of drug-likeness (QED) is 0.574. The first kappa shape index (κ1) is 20.2. The molecule has 32 heavy (non-hydrogen) atoms. The molecule has 5 rings (SSSR count). The number of methoxy groups -OCH3 is 2. The second-order valence-corrected chi connectivity index (χ2v) is 8.18. The smallest absolute Gasteiger partial charge is 0.145 e. The van der Waals surface area contributed by atoms with Crippen molar-refractivity contribution in [1.29, 1.82) is 0 Å². The zero-order chi connectivity index (χ0) is 22.1. The third-order valence-electron chi connectivity index (χ3n) is 6.35. The van der Waals surface area contributed by atoms with Crippen molar-refractivity contribution in [3.63, 3.8) is 0 Å². The molecule has 3 aromatic carbocycles. The third-order valence-corrected chi connectivity index (χ3v) is 6.35. The van der Waals surface area contributed by atoms with Gasteiger partial charge in [-0.2, -0.15) is 0 Å². The highest BCUT2D eigenvalue weighted by Gasteiger charge is 2.40. The van der Waals surface area contributed by atoms with E-state index >= 15 is 0 Å². The highest BCUT2D eigenvalue weighted by Crippen LogP contribution is 2.46. The van der Waals surface area contributed by atoms with Gasteiger partial charge in [0.1, 0.15) is 17.3 Å². The average Bonchev–Trinajstić information content (AvgIpc) is 3.01. The second-order valence-electron chi connectivity index (χ2n) is 8.18. The fraction of sp³-hybridized carbons (Fsp3) is 0.222. The zero-order valence-corrected chi connectivity index (χ0v) is 18.2. The van der Waals surface area contributed by atoms with Crippen molar-refractivity contribution < 1.29 is 14.3 Å².